The maximum Gasteiger partial charge on any atom is 0.308 e. The van der Waals surface area contributed by atoms with E-state index >= 15 is 0 Å². The van der Waals surface area contributed by atoms with Crippen LogP contribution in [0.5, 0.6) is 0 Å². The number of carboxylic acids is 1. The van der Waals surface area contributed by atoms with E-state index in [9.17, 15) is 9.59 Å². The molecule has 1 aliphatic heterocycles. The predicted molar refractivity (Wildman–Crippen MR) is 70.2 cm³/mol. The molecule has 1 amide bonds. The van der Waals surface area contributed by atoms with Gasteiger partial charge in [-0.2, -0.15) is 0 Å². The second-order valence-corrected chi connectivity index (χ2v) is 5.33. The number of piperidine rings is 1. The number of carbonyl (C=O) groups is 2. The van der Waals surface area contributed by atoms with Crippen molar-refractivity contribution in [1.82, 2.24) is 4.90 Å². The molecule has 2 unspecified atom stereocenters. The number of hydrogen-bond donors (Lipinski definition) is 1. The van der Waals surface area contributed by atoms with E-state index in [0.29, 0.717) is 25.4 Å². The lowest BCUT2D eigenvalue weighted by atomic mass is 9.87. The zero-order chi connectivity index (χ0) is 13.7. The van der Waals surface area contributed by atoms with Gasteiger partial charge < -0.3 is 10.0 Å². The highest BCUT2D eigenvalue weighted by molar-refractivity contribution is 5.80. The summed E-state index contributed by atoms with van der Waals surface area (Å²) in [6, 6.07) is 0. The molecule has 0 aromatic carbocycles. The number of hydrogen-bond acceptors (Lipinski definition) is 2. The number of amides is 1. The van der Waals surface area contributed by atoms with Gasteiger partial charge in [0.2, 0.25) is 5.91 Å². The Kier molecular flexibility index (Phi) is 5.63. The zero-order valence-electron chi connectivity index (χ0n) is 11.7. The topological polar surface area (TPSA) is 57.6 Å². The van der Waals surface area contributed by atoms with E-state index < -0.39 is 5.97 Å². The van der Waals surface area contributed by atoms with Crippen LogP contribution in [0.3, 0.4) is 0 Å². The van der Waals surface area contributed by atoms with Gasteiger partial charge in [0.05, 0.1) is 5.92 Å². The van der Waals surface area contributed by atoms with Gasteiger partial charge in [0.25, 0.3) is 0 Å². The standard InChI is InChI=1S/C14H25NO3/c1-4-11(5-2)10(3)13(16)15-8-6-7-12(9-15)14(17)18/h10-12H,4-9H2,1-3H3,(H,17,18). The highest BCUT2D eigenvalue weighted by atomic mass is 16.4. The third-order valence-corrected chi connectivity index (χ3v) is 4.23. The van der Waals surface area contributed by atoms with E-state index in [1.54, 1.807) is 4.90 Å². The minimum atomic E-state index is -0.775. The van der Waals surface area contributed by atoms with E-state index in [-0.39, 0.29) is 17.7 Å². The summed E-state index contributed by atoms with van der Waals surface area (Å²) in [7, 11) is 0. The summed E-state index contributed by atoms with van der Waals surface area (Å²) < 4.78 is 0. The number of likely N-dealkylation sites (tertiary alicyclic amines) is 1. The molecule has 0 aromatic heterocycles. The van der Waals surface area contributed by atoms with Gasteiger partial charge in [-0.05, 0) is 18.8 Å². The van der Waals surface area contributed by atoms with E-state index in [1.165, 1.54) is 0 Å². The van der Waals surface area contributed by atoms with E-state index in [4.69, 9.17) is 5.11 Å². The fraction of sp³-hybridized carbons (Fsp3) is 0.857. The molecule has 0 aromatic rings. The van der Waals surface area contributed by atoms with Crippen molar-refractivity contribution in [2.45, 2.75) is 46.5 Å². The van der Waals surface area contributed by atoms with Crippen LogP contribution in [-0.2, 0) is 9.59 Å². The maximum atomic E-state index is 12.4. The Hall–Kier alpha value is -1.06. The van der Waals surface area contributed by atoms with Crippen molar-refractivity contribution in [2.75, 3.05) is 13.1 Å². The number of nitrogens with zero attached hydrogens (tertiary/aromatic N) is 1. The number of rotatable bonds is 5. The monoisotopic (exact) mass is 255 g/mol. The molecule has 18 heavy (non-hydrogen) atoms. The molecule has 4 nitrogen and oxygen atoms in total. The van der Waals surface area contributed by atoms with Gasteiger partial charge in [0, 0.05) is 19.0 Å². The average Bonchev–Trinajstić information content (AvgIpc) is 2.39. The van der Waals surface area contributed by atoms with Crippen LogP contribution in [-0.4, -0.2) is 35.0 Å². The average molecular weight is 255 g/mol. The molecule has 0 aliphatic carbocycles. The molecule has 0 bridgehead atoms. The van der Waals surface area contributed by atoms with Crippen molar-refractivity contribution >= 4 is 11.9 Å². The largest absolute Gasteiger partial charge is 0.481 e. The molecule has 2 atom stereocenters. The molecule has 1 aliphatic rings. The summed E-state index contributed by atoms with van der Waals surface area (Å²) >= 11 is 0. The first kappa shape index (κ1) is 15.0. The fourth-order valence-electron chi connectivity index (χ4n) is 2.86. The van der Waals surface area contributed by atoms with Crippen LogP contribution in [0.25, 0.3) is 0 Å². The third kappa shape index (κ3) is 3.47. The van der Waals surface area contributed by atoms with Crippen LogP contribution < -0.4 is 0 Å². The van der Waals surface area contributed by atoms with E-state index in [1.807, 2.05) is 6.92 Å². The van der Waals surface area contributed by atoms with Gasteiger partial charge in [-0.3, -0.25) is 9.59 Å². The molecule has 1 fully saturated rings. The van der Waals surface area contributed by atoms with Crippen LogP contribution in [0.1, 0.15) is 46.5 Å². The van der Waals surface area contributed by atoms with Crippen molar-refractivity contribution < 1.29 is 14.7 Å². The van der Waals surface area contributed by atoms with Crippen molar-refractivity contribution in [3.63, 3.8) is 0 Å². The summed E-state index contributed by atoms with van der Waals surface area (Å²) in [5.41, 5.74) is 0. The van der Waals surface area contributed by atoms with Gasteiger partial charge in [0.15, 0.2) is 0 Å². The summed E-state index contributed by atoms with van der Waals surface area (Å²) in [6.07, 6.45) is 3.50. The third-order valence-electron chi connectivity index (χ3n) is 4.23. The fourth-order valence-corrected chi connectivity index (χ4v) is 2.86. The Morgan fingerprint density at radius 3 is 2.44 bits per heavy atom. The summed E-state index contributed by atoms with van der Waals surface area (Å²) in [6.45, 7) is 7.29. The Balaban J connectivity index is 2.63. The summed E-state index contributed by atoms with van der Waals surface area (Å²) in [5, 5.41) is 9.04. The second kappa shape index (κ2) is 6.76. The number of carboxylic acid groups (broad SMARTS) is 1. The molecule has 1 saturated heterocycles. The lowest BCUT2D eigenvalue weighted by Crippen LogP contribution is -2.45. The molecule has 1 N–H and O–H groups in total. The molecule has 1 rings (SSSR count). The highest BCUT2D eigenvalue weighted by Crippen LogP contribution is 2.24. The zero-order valence-corrected chi connectivity index (χ0v) is 11.7. The van der Waals surface area contributed by atoms with Gasteiger partial charge >= 0.3 is 5.97 Å². The van der Waals surface area contributed by atoms with Crippen LogP contribution in [0.15, 0.2) is 0 Å². The van der Waals surface area contributed by atoms with Crippen LogP contribution in [0, 0.1) is 17.8 Å². The van der Waals surface area contributed by atoms with Crippen molar-refractivity contribution in [3.8, 4) is 0 Å². The van der Waals surface area contributed by atoms with Gasteiger partial charge in [-0.15, -0.1) is 0 Å². The Morgan fingerprint density at radius 2 is 1.94 bits per heavy atom. The predicted octanol–water partition coefficient (Wildman–Crippen LogP) is 2.38. The molecule has 0 spiro atoms. The molecule has 0 saturated carbocycles. The van der Waals surface area contributed by atoms with Gasteiger partial charge in [0.1, 0.15) is 0 Å². The normalized spacial score (nSPS) is 22.0. The first-order chi connectivity index (χ1) is 8.51. The quantitative estimate of drug-likeness (QED) is 0.820. The summed E-state index contributed by atoms with van der Waals surface area (Å²) in [5.74, 6) is -0.607. The smallest absolute Gasteiger partial charge is 0.308 e. The molecule has 4 heteroatoms. The van der Waals surface area contributed by atoms with Gasteiger partial charge in [-0.25, -0.2) is 0 Å². The molecule has 0 radical (unpaired) electrons. The Labute approximate surface area is 109 Å². The SMILES string of the molecule is CCC(CC)C(C)C(=O)N1CCCC(C(=O)O)C1. The lowest BCUT2D eigenvalue weighted by Gasteiger charge is -2.34. The molecule has 1 heterocycles. The van der Waals surface area contributed by atoms with E-state index in [2.05, 4.69) is 13.8 Å². The Bertz CT molecular complexity index is 299. The van der Waals surface area contributed by atoms with Crippen LogP contribution in [0.4, 0.5) is 0 Å². The first-order valence-electron chi connectivity index (χ1n) is 7.02. The lowest BCUT2D eigenvalue weighted by molar-refractivity contribution is -0.147. The second-order valence-electron chi connectivity index (χ2n) is 5.33. The minimum Gasteiger partial charge on any atom is -0.481 e. The minimum absolute atomic E-state index is 0.00699. The highest BCUT2D eigenvalue weighted by Gasteiger charge is 2.32. The van der Waals surface area contributed by atoms with Gasteiger partial charge in [-0.1, -0.05) is 33.6 Å². The molecule has 104 valence electrons. The van der Waals surface area contributed by atoms with Crippen molar-refractivity contribution in [1.29, 1.82) is 0 Å². The number of carbonyl (C=O) groups excluding carboxylic acids is 1. The summed E-state index contributed by atoms with van der Waals surface area (Å²) in [4.78, 5) is 25.1. The Morgan fingerprint density at radius 1 is 1.33 bits per heavy atom. The molecular weight excluding hydrogens is 230 g/mol. The maximum absolute atomic E-state index is 12.4. The van der Waals surface area contributed by atoms with E-state index in [0.717, 1.165) is 19.3 Å². The van der Waals surface area contributed by atoms with Crippen molar-refractivity contribution in [2.24, 2.45) is 17.8 Å². The molecular formula is C14H25NO3. The van der Waals surface area contributed by atoms with Crippen LogP contribution in [0.2, 0.25) is 0 Å². The number of aliphatic carboxylic acids is 1. The first-order valence-corrected chi connectivity index (χ1v) is 7.02. The van der Waals surface area contributed by atoms with Crippen LogP contribution >= 0.6 is 0 Å². The van der Waals surface area contributed by atoms with Crippen molar-refractivity contribution in [3.05, 3.63) is 0 Å².